The van der Waals surface area contributed by atoms with Crippen LogP contribution >= 0.6 is 24.0 Å². The molecule has 5 rings (SSSR count). The molecule has 5 aromatic carbocycles. The second-order valence-corrected chi connectivity index (χ2v) is 14.4. The highest BCUT2D eigenvalue weighted by molar-refractivity contribution is 7.89. The number of amides is 1. The van der Waals surface area contributed by atoms with Crippen LogP contribution in [-0.2, 0) is 34.0 Å². The molecule has 0 saturated heterocycles. The van der Waals surface area contributed by atoms with Gasteiger partial charge in [-0.15, -0.1) is 12.4 Å². The van der Waals surface area contributed by atoms with E-state index in [0.29, 0.717) is 36.4 Å². The van der Waals surface area contributed by atoms with E-state index >= 15 is 0 Å². The number of sulfonamides is 1. The van der Waals surface area contributed by atoms with Crippen molar-refractivity contribution in [3.8, 4) is 5.75 Å². The molecule has 0 aromatic heterocycles. The highest BCUT2D eigenvalue weighted by Crippen LogP contribution is 2.37. The van der Waals surface area contributed by atoms with Crippen LogP contribution in [0.2, 0.25) is 5.02 Å². The Morgan fingerprint density at radius 1 is 0.808 bits per heavy atom. The van der Waals surface area contributed by atoms with E-state index in [1.807, 2.05) is 60.7 Å². The minimum atomic E-state index is -4.58. The summed E-state index contributed by atoms with van der Waals surface area (Å²) in [6.07, 6.45) is -4.19. The van der Waals surface area contributed by atoms with Crippen molar-refractivity contribution in [1.82, 2.24) is 9.21 Å². The van der Waals surface area contributed by atoms with Gasteiger partial charge in [0, 0.05) is 32.6 Å². The molecule has 5 aromatic rings. The van der Waals surface area contributed by atoms with Gasteiger partial charge in [0.2, 0.25) is 5.91 Å². The van der Waals surface area contributed by atoms with Crippen LogP contribution in [0, 0.1) is 0 Å². The average molecular weight is 772 g/mol. The van der Waals surface area contributed by atoms with Crippen LogP contribution in [0.3, 0.4) is 0 Å². The quantitative estimate of drug-likeness (QED) is 0.0994. The molecule has 0 N–H and O–H groups in total. The number of rotatable bonds is 15. The first kappa shape index (κ1) is 40.4. The number of alkyl halides is 3. The van der Waals surface area contributed by atoms with Gasteiger partial charge in [0.15, 0.2) is 0 Å². The molecule has 0 bridgehead atoms. The minimum absolute atomic E-state index is 0. The van der Waals surface area contributed by atoms with Crippen molar-refractivity contribution in [2.45, 2.75) is 36.4 Å². The standard InChI is InChI=1S/C40H38ClF3N2O4S.ClH/c1-45(51(48,49)35-21-9-4-10-22-35)38(47)27-30-14-11-20-34(26-30)50-25-13-24-46(28-33-19-12-23-37(39(33)41)40(42,43)44)29-36(31-15-5-2-6-16-31)32-17-7-3-8-18-32;/h2-12,14-23,26,36H,13,24-25,27-29H2,1H3;1H. The van der Waals surface area contributed by atoms with Gasteiger partial charge in [0.25, 0.3) is 10.0 Å². The van der Waals surface area contributed by atoms with Gasteiger partial charge in [0.1, 0.15) is 5.75 Å². The zero-order valence-corrected chi connectivity index (χ0v) is 30.8. The number of hydrogen-bond donors (Lipinski definition) is 0. The third-order valence-corrected chi connectivity index (χ3v) is 10.8. The van der Waals surface area contributed by atoms with E-state index in [1.54, 1.807) is 48.5 Å². The predicted octanol–water partition coefficient (Wildman–Crippen LogP) is 9.27. The molecule has 12 heteroatoms. The Labute approximate surface area is 314 Å². The van der Waals surface area contributed by atoms with Crippen LogP contribution in [0.1, 0.15) is 40.2 Å². The van der Waals surface area contributed by atoms with Crippen molar-refractivity contribution in [3.05, 3.63) is 166 Å². The van der Waals surface area contributed by atoms with Crippen molar-refractivity contribution in [1.29, 1.82) is 0 Å². The largest absolute Gasteiger partial charge is 0.494 e. The summed E-state index contributed by atoms with van der Waals surface area (Å²) in [5, 5.41) is -0.309. The summed E-state index contributed by atoms with van der Waals surface area (Å²) in [4.78, 5) is 15.1. The lowest BCUT2D eigenvalue weighted by Crippen LogP contribution is -2.34. The minimum Gasteiger partial charge on any atom is -0.494 e. The van der Waals surface area contributed by atoms with Crippen LogP contribution in [0.15, 0.2) is 138 Å². The molecule has 6 nitrogen and oxygen atoms in total. The van der Waals surface area contributed by atoms with E-state index in [4.69, 9.17) is 16.3 Å². The zero-order valence-electron chi connectivity index (χ0n) is 28.4. The molecule has 0 radical (unpaired) electrons. The zero-order chi connectivity index (χ0) is 36.4. The summed E-state index contributed by atoms with van der Waals surface area (Å²) in [5.41, 5.74) is 2.25. The number of carbonyl (C=O) groups is 1. The number of hydrogen-bond acceptors (Lipinski definition) is 5. The van der Waals surface area contributed by atoms with Crippen molar-refractivity contribution in [2.75, 3.05) is 26.7 Å². The molecule has 0 fully saturated rings. The SMILES string of the molecule is CN(C(=O)Cc1cccc(OCCCN(Cc2cccc(C(F)(F)F)c2Cl)CC(c2ccccc2)c2ccccc2)c1)S(=O)(=O)c1ccccc1.Cl. The lowest BCUT2D eigenvalue weighted by Gasteiger charge is -2.29. The molecule has 0 aliphatic heterocycles. The van der Waals surface area contributed by atoms with Gasteiger partial charge in [-0.2, -0.15) is 13.2 Å². The van der Waals surface area contributed by atoms with E-state index in [0.717, 1.165) is 21.5 Å². The number of nitrogens with zero attached hydrogens (tertiary/aromatic N) is 2. The molecule has 274 valence electrons. The second kappa shape index (κ2) is 18.4. The maximum absolute atomic E-state index is 13.7. The fourth-order valence-electron chi connectivity index (χ4n) is 5.82. The number of carbonyl (C=O) groups excluding carboxylic acids is 1. The highest BCUT2D eigenvalue weighted by atomic mass is 35.5. The molecular formula is C40H39Cl2F3N2O4S. The molecule has 0 heterocycles. The third-order valence-electron chi connectivity index (χ3n) is 8.52. The summed E-state index contributed by atoms with van der Waals surface area (Å²) in [6, 6.07) is 38.6. The Balaban J connectivity index is 0.00000605. The van der Waals surface area contributed by atoms with Gasteiger partial charge in [0.05, 0.1) is 28.5 Å². The van der Waals surface area contributed by atoms with Crippen molar-refractivity contribution in [2.24, 2.45) is 0 Å². The van der Waals surface area contributed by atoms with Crippen LogP contribution < -0.4 is 4.74 Å². The Kier molecular flexibility index (Phi) is 14.3. The molecule has 52 heavy (non-hydrogen) atoms. The number of ether oxygens (including phenoxy) is 1. The molecule has 0 unspecified atom stereocenters. The van der Waals surface area contributed by atoms with Crippen molar-refractivity contribution in [3.63, 3.8) is 0 Å². The first-order chi connectivity index (χ1) is 24.4. The summed E-state index contributed by atoms with van der Waals surface area (Å²) in [7, 11) is -2.75. The average Bonchev–Trinajstić information content (AvgIpc) is 3.13. The molecule has 0 aliphatic carbocycles. The fraction of sp³-hybridized carbons (Fsp3) is 0.225. The predicted molar refractivity (Wildman–Crippen MR) is 200 cm³/mol. The third kappa shape index (κ3) is 10.6. The normalized spacial score (nSPS) is 11.7. The van der Waals surface area contributed by atoms with Gasteiger partial charge in [-0.3, -0.25) is 9.69 Å². The maximum Gasteiger partial charge on any atom is 0.417 e. The number of likely N-dealkylation sites (N-methyl/N-ethyl adjacent to an activating group) is 1. The van der Waals surface area contributed by atoms with Crippen LogP contribution in [-0.4, -0.2) is 50.3 Å². The molecule has 0 spiro atoms. The Morgan fingerprint density at radius 2 is 1.38 bits per heavy atom. The number of benzene rings is 5. The summed E-state index contributed by atoms with van der Waals surface area (Å²) < 4.78 is 73.8. The van der Waals surface area contributed by atoms with Gasteiger partial charge in [-0.05, 0) is 59.0 Å². The molecule has 0 saturated carbocycles. The molecular weight excluding hydrogens is 732 g/mol. The maximum atomic E-state index is 13.7. The summed E-state index contributed by atoms with van der Waals surface area (Å²) in [6.45, 7) is 1.48. The Hall–Kier alpha value is -4.35. The smallest absolute Gasteiger partial charge is 0.417 e. The van der Waals surface area contributed by atoms with Crippen LogP contribution in [0.4, 0.5) is 13.2 Å². The van der Waals surface area contributed by atoms with Gasteiger partial charge < -0.3 is 4.74 Å². The van der Waals surface area contributed by atoms with Gasteiger partial charge >= 0.3 is 6.18 Å². The lowest BCUT2D eigenvalue weighted by atomic mass is 9.90. The van der Waals surface area contributed by atoms with E-state index in [1.165, 1.54) is 25.2 Å². The molecule has 1 amide bonds. The molecule has 0 atom stereocenters. The van der Waals surface area contributed by atoms with E-state index in [9.17, 15) is 26.4 Å². The monoisotopic (exact) mass is 770 g/mol. The fourth-order valence-corrected chi connectivity index (χ4v) is 7.27. The lowest BCUT2D eigenvalue weighted by molar-refractivity contribution is -0.137. The van der Waals surface area contributed by atoms with Crippen LogP contribution in [0.5, 0.6) is 5.75 Å². The van der Waals surface area contributed by atoms with Gasteiger partial charge in [-0.25, -0.2) is 12.7 Å². The second-order valence-electron chi connectivity index (χ2n) is 12.1. The summed E-state index contributed by atoms with van der Waals surface area (Å²) in [5.74, 6) is -0.143. The Morgan fingerprint density at radius 3 is 1.98 bits per heavy atom. The Bertz CT molecular complexity index is 1960. The van der Waals surface area contributed by atoms with Crippen LogP contribution in [0.25, 0.3) is 0 Å². The van der Waals surface area contributed by atoms with Gasteiger partial charge in [-0.1, -0.05) is 115 Å². The first-order valence-electron chi connectivity index (χ1n) is 16.4. The van der Waals surface area contributed by atoms with Crippen molar-refractivity contribution < 1.29 is 31.1 Å². The highest BCUT2D eigenvalue weighted by Gasteiger charge is 2.34. The molecule has 0 aliphatic rings. The number of halogens is 5. The van der Waals surface area contributed by atoms with E-state index in [2.05, 4.69) is 4.90 Å². The topological polar surface area (TPSA) is 66.9 Å². The van der Waals surface area contributed by atoms with Crippen molar-refractivity contribution >= 4 is 39.9 Å². The van der Waals surface area contributed by atoms with E-state index in [-0.39, 0.29) is 47.8 Å². The summed E-state index contributed by atoms with van der Waals surface area (Å²) >= 11 is 6.34. The first-order valence-corrected chi connectivity index (χ1v) is 18.2. The van der Waals surface area contributed by atoms with E-state index < -0.39 is 27.7 Å².